The molecule has 2 N–H and O–H groups in total. The fourth-order valence-electron chi connectivity index (χ4n) is 5.78. The molecule has 0 bridgehead atoms. The van der Waals surface area contributed by atoms with E-state index < -0.39 is 16.1 Å². The summed E-state index contributed by atoms with van der Waals surface area (Å²) in [6.45, 7) is 7.07. The summed E-state index contributed by atoms with van der Waals surface area (Å²) < 4.78 is 41.0. The van der Waals surface area contributed by atoms with Crippen molar-refractivity contribution in [2.75, 3.05) is 51.0 Å². The number of Topliss-reactive ketones (excluding diaryl/α,β-unsaturated/α-hetero) is 1. The van der Waals surface area contributed by atoms with Gasteiger partial charge in [0, 0.05) is 66.3 Å². The van der Waals surface area contributed by atoms with Crippen LogP contribution in [0.5, 0.6) is 11.5 Å². The van der Waals surface area contributed by atoms with Crippen LogP contribution >= 0.6 is 0 Å². The number of nitrogens with one attached hydrogen (secondary N) is 2. The molecule has 11 nitrogen and oxygen atoms in total. The highest BCUT2D eigenvalue weighted by atomic mass is 32.2. The maximum atomic E-state index is 13.4. The number of carbonyl (C=O) groups excluding carboxylic acids is 2. The molecule has 0 aliphatic carbocycles. The number of allylic oxidation sites excluding steroid dienone is 1. The van der Waals surface area contributed by atoms with E-state index in [9.17, 15) is 18.0 Å². The lowest BCUT2D eigenvalue weighted by Gasteiger charge is -2.31. The Balaban J connectivity index is 1.15. The first kappa shape index (κ1) is 30.4. The Bertz CT molecular complexity index is 1940. The van der Waals surface area contributed by atoms with E-state index in [-0.39, 0.29) is 16.4 Å². The van der Waals surface area contributed by atoms with Crippen LogP contribution < -0.4 is 20.1 Å². The Hall–Kier alpha value is -4.65. The predicted molar refractivity (Wildman–Crippen MR) is 174 cm³/mol. The number of hydrogen-bond donors (Lipinski definition) is 2. The molecule has 3 heterocycles. The van der Waals surface area contributed by atoms with E-state index in [0.29, 0.717) is 48.9 Å². The average molecular weight is 630 g/mol. The number of hydrogen-bond acceptors (Lipinski definition) is 7. The molecular weight excluding hydrogens is 594 g/mol. The Morgan fingerprint density at radius 3 is 2.36 bits per heavy atom. The van der Waals surface area contributed by atoms with Crippen molar-refractivity contribution in [3.05, 3.63) is 83.2 Å². The summed E-state index contributed by atoms with van der Waals surface area (Å²) in [5.41, 5.74) is 4.09. The van der Waals surface area contributed by atoms with Gasteiger partial charge in [-0.25, -0.2) is 13.2 Å². The van der Waals surface area contributed by atoms with Gasteiger partial charge in [0.05, 0.1) is 17.6 Å². The molecule has 2 aliphatic heterocycles. The molecule has 0 unspecified atom stereocenters. The molecule has 2 amide bonds. The first-order chi connectivity index (χ1) is 21.6. The number of anilines is 2. The highest BCUT2D eigenvalue weighted by molar-refractivity contribution is 7.89. The van der Waals surface area contributed by atoms with Gasteiger partial charge in [-0.15, -0.1) is 0 Å². The number of nitrogens with zero attached hydrogens (tertiary/aromatic N) is 3. The highest BCUT2D eigenvalue weighted by Crippen LogP contribution is 2.37. The summed E-state index contributed by atoms with van der Waals surface area (Å²) in [5, 5.41) is 6.40. The smallest absolute Gasteiger partial charge is 0.323 e. The quantitative estimate of drug-likeness (QED) is 0.271. The zero-order valence-electron chi connectivity index (χ0n) is 25.6. The molecule has 1 saturated heterocycles. The molecule has 0 atom stereocenters. The molecule has 0 radical (unpaired) electrons. The Morgan fingerprint density at radius 1 is 0.978 bits per heavy atom. The van der Waals surface area contributed by atoms with E-state index in [1.807, 2.05) is 32.2 Å². The van der Waals surface area contributed by atoms with E-state index in [0.717, 1.165) is 34.5 Å². The molecule has 45 heavy (non-hydrogen) atoms. The van der Waals surface area contributed by atoms with Crippen LogP contribution in [0.25, 0.3) is 17.0 Å². The molecular formula is C33H35N5O6S. The monoisotopic (exact) mass is 629 g/mol. The molecule has 1 fully saturated rings. The van der Waals surface area contributed by atoms with Gasteiger partial charge >= 0.3 is 6.03 Å². The van der Waals surface area contributed by atoms with E-state index in [4.69, 9.17) is 9.47 Å². The van der Waals surface area contributed by atoms with Gasteiger partial charge in [-0.05, 0) is 87.6 Å². The Labute approximate surface area is 262 Å². The number of aryl methyl sites for hydroxylation is 1. The lowest BCUT2D eigenvalue weighted by atomic mass is 10.1. The molecule has 3 aromatic carbocycles. The minimum atomic E-state index is -3.61. The number of sulfonamides is 1. The normalized spacial score (nSPS) is 16.5. The number of piperazine rings is 1. The zero-order valence-corrected chi connectivity index (χ0v) is 26.4. The van der Waals surface area contributed by atoms with Crippen molar-refractivity contribution in [2.24, 2.45) is 0 Å². The van der Waals surface area contributed by atoms with Crippen LogP contribution in [0.2, 0.25) is 0 Å². The summed E-state index contributed by atoms with van der Waals surface area (Å²) in [6, 6.07) is 16.3. The molecule has 6 rings (SSSR count). The molecule has 12 heteroatoms. The van der Waals surface area contributed by atoms with Crippen molar-refractivity contribution in [3.8, 4) is 11.5 Å². The second kappa shape index (κ2) is 12.0. The van der Waals surface area contributed by atoms with Crippen molar-refractivity contribution >= 4 is 50.2 Å². The first-order valence-corrected chi connectivity index (χ1v) is 16.1. The number of ketones is 1. The van der Waals surface area contributed by atoms with Gasteiger partial charge in [-0.2, -0.15) is 4.31 Å². The number of methoxy groups -OCH3 is 1. The fraction of sp³-hybridized carbons (Fsp3) is 0.273. The number of fused-ring (bicyclic) bond motifs is 2. The van der Waals surface area contributed by atoms with Crippen molar-refractivity contribution in [2.45, 2.75) is 25.3 Å². The second-order valence-electron chi connectivity index (χ2n) is 11.1. The summed E-state index contributed by atoms with van der Waals surface area (Å²) in [4.78, 5) is 28.5. The summed E-state index contributed by atoms with van der Waals surface area (Å²) in [7, 11) is -0.0262. The number of benzene rings is 3. The number of aromatic nitrogens is 1. The van der Waals surface area contributed by atoms with Gasteiger partial charge in [-0.3, -0.25) is 4.79 Å². The minimum Gasteiger partial charge on any atom is -0.497 e. The number of urea groups is 1. The van der Waals surface area contributed by atoms with Crippen LogP contribution in [0, 0.1) is 6.92 Å². The number of likely N-dealkylation sites (N-methyl/N-ethyl adjacent to an activating group) is 1. The van der Waals surface area contributed by atoms with Crippen molar-refractivity contribution in [1.82, 2.24) is 13.8 Å². The Kier molecular flexibility index (Phi) is 8.12. The SMILES string of the molecule is CCn1c(C)c(/C=C2\Oc3ccc(NC(=O)Nc4ccc(S(=O)(=O)N5CCN(C)CC5)cc4)cc3C2=O)c2cc(OC)ccc21. The molecule has 234 valence electrons. The summed E-state index contributed by atoms with van der Waals surface area (Å²) in [6.07, 6.45) is 1.76. The third kappa shape index (κ3) is 5.79. The van der Waals surface area contributed by atoms with E-state index in [1.54, 1.807) is 43.5 Å². The lowest BCUT2D eigenvalue weighted by Crippen LogP contribution is -2.46. The van der Waals surface area contributed by atoms with Gasteiger partial charge in [0.2, 0.25) is 15.8 Å². The predicted octanol–water partition coefficient (Wildman–Crippen LogP) is 5.17. The highest BCUT2D eigenvalue weighted by Gasteiger charge is 2.29. The van der Waals surface area contributed by atoms with E-state index in [1.165, 1.54) is 16.4 Å². The lowest BCUT2D eigenvalue weighted by molar-refractivity contribution is 0.101. The van der Waals surface area contributed by atoms with Crippen LogP contribution in [0.15, 0.2) is 71.3 Å². The largest absolute Gasteiger partial charge is 0.497 e. The number of carbonyl (C=O) groups is 2. The average Bonchev–Trinajstić information content (AvgIpc) is 3.48. The van der Waals surface area contributed by atoms with Crippen LogP contribution in [0.4, 0.5) is 16.2 Å². The number of rotatable bonds is 7. The molecule has 0 saturated carbocycles. The van der Waals surface area contributed by atoms with Crippen LogP contribution in [-0.4, -0.2) is 74.3 Å². The third-order valence-corrected chi connectivity index (χ3v) is 10.2. The van der Waals surface area contributed by atoms with Gasteiger partial charge in [0.25, 0.3) is 0 Å². The van der Waals surface area contributed by atoms with Crippen molar-refractivity contribution in [3.63, 3.8) is 0 Å². The second-order valence-corrected chi connectivity index (χ2v) is 13.0. The van der Waals surface area contributed by atoms with Crippen molar-refractivity contribution < 1.29 is 27.5 Å². The fourth-order valence-corrected chi connectivity index (χ4v) is 7.21. The van der Waals surface area contributed by atoms with Gasteiger partial charge in [-0.1, -0.05) is 0 Å². The maximum absolute atomic E-state index is 13.4. The zero-order chi connectivity index (χ0) is 31.9. The van der Waals surface area contributed by atoms with Crippen molar-refractivity contribution in [1.29, 1.82) is 0 Å². The summed E-state index contributed by atoms with van der Waals surface area (Å²) >= 11 is 0. The van der Waals surface area contributed by atoms with Gasteiger partial charge in [0.1, 0.15) is 11.5 Å². The molecule has 2 aliphatic rings. The topological polar surface area (TPSA) is 122 Å². The third-order valence-electron chi connectivity index (χ3n) is 8.31. The Morgan fingerprint density at radius 2 is 1.67 bits per heavy atom. The number of ether oxygens (including phenoxy) is 2. The first-order valence-electron chi connectivity index (χ1n) is 14.7. The molecule has 0 spiro atoms. The molecule has 1 aromatic heterocycles. The van der Waals surface area contributed by atoms with E-state index in [2.05, 4.69) is 27.0 Å². The standard InChI is InChI=1S/C33H35N5O6S/c1-5-38-21(2)26(27-19-24(43-4)9-12-29(27)38)20-31-32(39)28-18-23(8-13-30(28)44-31)35-33(40)34-22-6-10-25(11-7-22)45(41,42)37-16-14-36(3)15-17-37/h6-13,18-20H,5,14-17H2,1-4H3,(H2,34,35,40)/b31-20-. The number of amides is 2. The van der Waals surface area contributed by atoms with Gasteiger partial charge < -0.3 is 29.6 Å². The van der Waals surface area contributed by atoms with E-state index >= 15 is 0 Å². The maximum Gasteiger partial charge on any atom is 0.323 e. The van der Waals surface area contributed by atoms with Gasteiger partial charge in [0.15, 0.2) is 5.76 Å². The summed E-state index contributed by atoms with van der Waals surface area (Å²) in [5.74, 6) is 1.03. The van der Waals surface area contributed by atoms with Crippen LogP contribution in [0.3, 0.4) is 0 Å². The van der Waals surface area contributed by atoms with Crippen LogP contribution in [0.1, 0.15) is 28.5 Å². The molecule has 4 aromatic rings. The van der Waals surface area contributed by atoms with Crippen LogP contribution in [-0.2, 0) is 16.6 Å². The minimum absolute atomic E-state index is 0.174.